The predicted octanol–water partition coefficient (Wildman–Crippen LogP) is 1.24. The molecule has 0 aliphatic rings. The zero-order chi connectivity index (χ0) is 13.8. The number of amides is 1. The second-order valence-electron chi connectivity index (χ2n) is 3.92. The van der Waals surface area contributed by atoms with Crippen molar-refractivity contribution in [3.8, 4) is 11.5 Å². The van der Waals surface area contributed by atoms with Gasteiger partial charge in [0, 0.05) is 0 Å². The SMILES string of the molecule is N/[N+](=C/c1ccccc1O)C(=O)c1ccccc1O. The molecule has 0 aliphatic carbocycles. The third-order valence-electron chi connectivity index (χ3n) is 2.58. The summed E-state index contributed by atoms with van der Waals surface area (Å²) in [5.74, 6) is 4.93. The summed E-state index contributed by atoms with van der Waals surface area (Å²) in [7, 11) is 0. The van der Waals surface area contributed by atoms with E-state index in [1.807, 2.05) is 0 Å². The molecule has 0 unspecified atom stereocenters. The minimum atomic E-state index is -0.568. The maximum absolute atomic E-state index is 12.0. The molecule has 0 fully saturated rings. The summed E-state index contributed by atoms with van der Waals surface area (Å²) in [4.78, 5) is 12.0. The number of aromatic hydroxyl groups is 2. The monoisotopic (exact) mass is 257 g/mol. The van der Waals surface area contributed by atoms with E-state index in [2.05, 4.69) is 0 Å². The molecule has 5 nitrogen and oxygen atoms in total. The van der Waals surface area contributed by atoms with Crippen molar-refractivity contribution < 1.29 is 19.7 Å². The van der Waals surface area contributed by atoms with Gasteiger partial charge < -0.3 is 10.2 Å². The number of hydrazone groups is 1. The molecule has 2 aromatic rings. The summed E-state index contributed by atoms with van der Waals surface area (Å²) in [6.07, 6.45) is 1.30. The van der Waals surface area contributed by atoms with E-state index < -0.39 is 5.91 Å². The maximum atomic E-state index is 12.0. The van der Waals surface area contributed by atoms with Crippen LogP contribution in [0.25, 0.3) is 0 Å². The first-order chi connectivity index (χ1) is 9.09. The molecule has 0 saturated carbocycles. The normalized spacial score (nSPS) is 11.3. The fraction of sp³-hybridized carbons (Fsp3) is 0. The van der Waals surface area contributed by atoms with E-state index in [4.69, 9.17) is 5.84 Å². The fourth-order valence-electron chi connectivity index (χ4n) is 1.60. The summed E-state index contributed by atoms with van der Waals surface area (Å²) >= 11 is 0. The zero-order valence-electron chi connectivity index (χ0n) is 10.0. The number of phenolic OH excluding ortho intramolecular Hbond substituents is 2. The zero-order valence-corrected chi connectivity index (χ0v) is 10.0. The smallest absolute Gasteiger partial charge is 0.450 e. The highest BCUT2D eigenvalue weighted by Gasteiger charge is 2.21. The van der Waals surface area contributed by atoms with Crippen LogP contribution in [-0.2, 0) is 0 Å². The molecule has 0 heterocycles. The summed E-state index contributed by atoms with van der Waals surface area (Å²) in [5.41, 5.74) is 0.505. The molecule has 4 N–H and O–H groups in total. The molecule has 96 valence electrons. The highest BCUT2D eigenvalue weighted by Crippen LogP contribution is 2.16. The molecule has 1 amide bonds. The highest BCUT2D eigenvalue weighted by molar-refractivity contribution is 5.94. The van der Waals surface area contributed by atoms with E-state index in [1.165, 1.54) is 24.4 Å². The first-order valence-corrected chi connectivity index (χ1v) is 5.58. The van der Waals surface area contributed by atoms with Gasteiger partial charge in [0.05, 0.1) is 5.56 Å². The number of hydrogen-bond acceptors (Lipinski definition) is 4. The number of rotatable bonds is 2. The average molecular weight is 257 g/mol. The van der Waals surface area contributed by atoms with E-state index >= 15 is 0 Å². The van der Waals surface area contributed by atoms with E-state index in [-0.39, 0.29) is 17.1 Å². The summed E-state index contributed by atoms with van der Waals surface area (Å²) in [6, 6.07) is 12.6. The number of carbonyl (C=O) groups is 1. The van der Waals surface area contributed by atoms with Gasteiger partial charge in [0.15, 0.2) is 0 Å². The van der Waals surface area contributed by atoms with Crippen molar-refractivity contribution in [1.82, 2.24) is 0 Å². The Kier molecular flexibility index (Phi) is 3.47. The predicted molar refractivity (Wildman–Crippen MR) is 70.2 cm³/mol. The van der Waals surface area contributed by atoms with Crippen molar-refractivity contribution >= 4 is 12.1 Å². The van der Waals surface area contributed by atoms with Crippen LogP contribution in [-0.4, -0.2) is 27.0 Å². The lowest BCUT2D eigenvalue weighted by Crippen LogP contribution is -2.29. The van der Waals surface area contributed by atoms with Crippen LogP contribution in [0.3, 0.4) is 0 Å². The van der Waals surface area contributed by atoms with Crippen LogP contribution in [0.2, 0.25) is 0 Å². The van der Waals surface area contributed by atoms with Gasteiger partial charge in [0.2, 0.25) is 6.21 Å². The highest BCUT2D eigenvalue weighted by atomic mass is 16.3. The topological polar surface area (TPSA) is 86.6 Å². The van der Waals surface area contributed by atoms with E-state index in [0.29, 0.717) is 5.56 Å². The number of nitrogens with zero attached hydrogens (tertiary/aromatic N) is 1. The van der Waals surface area contributed by atoms with E-state index in [0.717, 1.165) is 4.68 Å². The summed E-state index contributed by atoms with van der Waals surface area (Å²) in [6.45, 7) is 0. The van der Waals surface area contributed by atoms with E-state index in [1.54, 1.807) is 30.3 Å². The number of hydrogen-bond donors (Lipinski definition) is 3. The molecular formula is C14H13N2O3+. The number of nitrogens with two attached hydrogens (primary N) is 1. The van der Waals surface area contributed by atoms with Gasteiger partial charge in [-0.3, -0.25) is 0 Å². The Morgan fingerprint density at radius 3 is 2.21 bits per heavy atom. The Bertz CT molecular complexity index is 651. The first kappa shape index (κ1) is 12.6. The second-order valence-corrected chi connectivity index (χ2v) is 3.92. The molecule has 0 saturated heterocycles. The lowest BCUT2D eigenvalue weighted by atomic mass is 10.2. The number of carbonyl (C=O) groups excluding carboxylic acids is 1. The molecule has 0 aromatic heterocycles. The van der Waals surface area contributed by atoms with Gasteiger partial charge in [0.25, 0.3) is 0 Å². The van der Waals surface area contributed by atoms with Gasteiger partial charge in [0.1, 0.15) is 17.1 Å². The number of benzene rings is 2. The van der Waals surface area contributed by atoms with Crippen molar-refractivity contribution in [2.24, 2.45) is 5.84 Å². The molecule has 0 spiro atoms. The molecule has 0 aliphatic heterocycles. The molecule has 0 radical (unpaired) electrons. The molecule has 2 rings (SSSR count). The standard InChI is InChI=1S/C14H12N2O3/c15-16(9-10-5-1-3-7-12(10)17)14(19)11-6-2-4-8-13(11)18/h1-9H,15H2,(H,18,19)/p+1. The lowest BCUT2D eigenvalue weighted by molar-refractivity contribution is -0.434. The Balaban J connectivity index is 2.35. The molecule has 5 heteroatoms. The van der Waals surface area contributed by atoms with Crippen LogP contribution in [0.5, 0.6) is 11.5 Å². The van der Waals surface area contributed by atoms with Crippen molar-refractivity contribution in [1.29, 1.82) is 0 Å². The Morgan fingerprint density at radius 1 is 1.00 bits per heavy atom. The molecule has 0 bridgehead atoms. The van der Waals surface area contributed by atoms with Crippen molar-refractivity contribution in [3.05, 3.63) is 59.7 Å². The average Bonchev–Trinajstić information content (AvgIpc) is 2.41. The van der Waals surface area contributed by atoms with Crippen LogP contribution in [0.1, 0.15) is 15.9 Å². The van der Waals surface area contributed by atoms with Crippen LogP contribution in [0.4, 0.5) is 0 Å². The first-order valence-electron chi connectivity index (χ1n) is 5.58. The van der Waals surface area contributed by atoms with Gasteiger partial charge >= 0.3 is 5.91 Å². The van der Waals surface area contributed by atoms with Crippen molar-refractivity contribution in [2.45, 2.75) is 0 Å². The lowest BCUT2D eigenvalue weighted by Gasteiger charge is -1.99. The van der Waals surface area contributed by atoms with E-state index in [9.17, 15) is 15.0 Å². The maximum Gasteiger partial charge on any atom is 0.450 e. The van der Waals surface area contributed by atoms with Crippen LogP contribution in [0.15, 0.2) is 48.5 Å². The van der Waals surface area contributed by atoms with Gasteiger partial charge in [-0.05, 0) is 28.9 Å². The van der Waals surface area contributed by atoms with Crippen LogP contribution < -0.4 is 5.84 Å². The second kappa shape index (κ2) is 5.22. The van der Waals surface area contributed by atoms with Crippen LogP contribution in [0, 0.1) is 0 Å². The summed E-state index contributed by atoms with van der Waals surface area (Å²) in [5, 5.41) is 19.2. The van der Waals surface area contributed by atoms with Gasteiger partial charge in [-0.1, -0.05) is 24.3 Å². The summed E-state index contributed by atoms with van der Waals surface area (Å²) < 4.78 is 0.824. The molecule has 0 atom stereocenters. The molecule has 2 aromatic carbocycles. The van der Waals surface area contributed by atoms with Crippen molar-refractivity contribution in [3.63, 3.8) is 0 Å². The number of hydrazine groups is 1. The largest absolute Gasteiger partial charge is 0.507 e. The number of phenols is 2. The minimum Gasteiger partial charge on any atom is -0.507 e. The van der Waals surface area contributed by atoms with Gasteiger partial charge in [-0.15, -0.1) is 0 Å². The molecular weight excluding hydrogens is 244 g/mol. The quantitative estimate of drug-likeness (QED) is 0.248. The Hall–Kier alpha value is -2.82. The van der Waals surface area contributed by atoms with Gasteiger partial charge in [-0.25, -0.2) is 10.6 Å². The third-order valence-corrected chi connectivity index (χ3v) is 2.58. The fourth-order valence-corrected chi connectivity index (χ4v) is 1.60. The van der Waals surface area contributed by atoms with Crippen LogP contribution >= 0.6 is 0 Å². The Labute approximate surface area is 109 Å². The Morgan fingerprint density at radius 2 is 1.58 bits per heavy atom. The molecule has 19 heavy (non-hydrogen) atoms. The number of para-hydroxylation sites is 2. The minimum absolute atomic E-state index is 0.0167. The van der Waals surface area contributed by atoms with Crippen molar-refractivity contribution in [2.75, 3.05) is 0 Å². The van der Waals surface area contributed by atoms with Gasteiger partial charge in [-0.2, -0.15) is 0 Å². The third kappa shape index (κ3) is 2.71.